The van der Waals surface area contributed by atoms with Gasteiger partial charge in [-0.25, -0.2) is 4.98 Å². The quantitative estimate of drug-likeness (QED) is 0.733. The van der Waals surface area contributed by atoms with Crippen LogP contribution in [0.5, 0.6) is 0 Å². The van der Waals surface area contributed by atoms with Gasteiger partial charge in [-0.3, -0.25) is 9.36 Å². The van der Waals surface area contributed by atoms with E-state index < -0.39 is 0 Å². The molecule has 0 amide bonds. The fourth-order valence-electron chi connectivity index (χ4n) is 3.69. The van der Waals surface area contributed by atoms with Crippen molar-refractivity contribution in [3.8, 4) is 0 Å². The summed E-state index contributed by atoms with van der Waals surface area (Å²) in [7, 11) is 0. The lowest BCUT2D eigenvalue weighted by Crippen LogP contribution is -2.30. The van der Waals surface area contributed by atoms with Crippen molar-refractivity contribution in [3.05, 3.63) is 57.9 Å². The molecule has 2 aromatic heterocycles. The first kappa shape index (κ1) is 13.1. The standard InChI is InChI=1S/C18H15N3OS/c22-14-8-3-6-12-16(14)17(15-9-4-10-23-15)21-13-7-2-1-5-11(13)19-18(21)20-12/h1-2,4-5,7,9-10,17H,3,6,8H2,(H,19,20)/t17-/m0/s1. The maximum atomic E-state index is 12.7. The second-order valence-corrected chi connectivity index (χ2v) is 6.99. The number of aromatic nitrogens is 2. The number of allylic oxidation sites excluding steroid dienone is 2. The van der Waals surface area contributed by atoms with Crippen LogP contribution in [-0.4, -0.2) is 15.3 Å². The first-order valence-electron chi connectivity index (χ1n) is 7.86. The maximum absolute atomic E-state index is 12.7. The van der Waals surface area contributed by atoms with E-state index in [0.29, 0.717) is 6.42 Å². The number of carbonyl (C=O) groups excluding carboxylic acids is 1. The zero-order valence-electron chi connectivity index (χ0n) is 12.5. The summed E-state index contributed by atoms with van der Waals surface area (Å²) >= 11 is 1.70. The molecule has 0 bridgehead atoms. The van der Waals surface area contributed by atoms with E-state index in [0.717, 1.165) is 41.1 Å². The number of hydrogen-bond acceptors (Lipinski definition) is 4. The minimum absolute atomic E-state index is 0.0542. The largest absolute Gasteiger partial charge is 0.329 e. The Kier molecular flexibility index (Phi) is 2.73. The predicted octanol–water partition coefficient (Wildman–Crippen LogP) is 4.12. The van der Waals surface area contributed by atoms with Gasteiger partial charge in [0, 0.05) is 22.6 Å². The molecule has 0 spiro atoms. The van der Waals surface area contributed by atoms with Gasteiger partial charge in [0.1, 0.15) is 6.04 Å². The molecule has 0 unspecified atom stereocenters. The summed E-state index contributed by atoms with van der Waals surface area (Å²) in [6.07, 6.45) is 2.48. The molecule has 1 N–H and O–H groups in total. The molecule has 0 saturated carbocycles. The van der Waals surface area contributed by atoms with E-state index in [4.69, 9.17) is 4.98 Å². The smallest absolute Gasteiger partial charge is 0.209 e. The van der Waals surface area contributed by atoms with E-state index in [9.17, 15) is 4.79 Å². The molecule has 3 heterocycles. The van der Waals surface area contributed by atoms with E-state index in [1.54, 1.807) is 11.3 Å². The van der Waals surface area contributed by atoms with Crippen LogP contribution in [0.25, 0.3) is 11.0 Å². The molecule has 0 saturated heterocycles. The van der Waals surface area contributed by atoms with Crippen LogP contribution in [0.4, 0.5) is 5.95 Å². The van der Waals surface area contributed by atoms with Crippen molar-refractivity contribution in [2.24, 2.45) is 0 Å². The number of benzene rings is 1. The van der Waals surface area contributed by atoms with Crippen LogP contribution in [0, 0.1) is 0 Å². The Balaban J connectivity index is 1.83. The van der Waals surface area contributed by atoms with Crippen molar-refractivity contribution >= 4 is 34.1 Å². The minimum Gasteiger partial charge on any atom is -0.329 e. The average Bonchev–Trinajstić information content (AvgIpc) is 3.20. The second-order valence-electron chi connectivity index (χ2n) is 6.01. The van der Waals surface area contributed by atoms with Gasteiger partial charge >= 0.3 is 0 Å². The fourth-order valence-corrected chi connectivity index (χ4v) is 4.51. The summed E-state index contributed by atoms with van der Waals surface area (Å²) in [6.45, 7) is 0. The molecule has 0 fully saturated rings. The number of nitrogens with zero attached hydrogens (tertiary/aromatic N) is 2. The van der Waals surface area contributed by atoms with Gasteiger partial charge in [0.15, 0.2) is 5.78 Å². The lowest BCUT2D eigenvalue weighted by Gasteiger charge is -2.33. The number of rotatable bonds is 1. The number of anilines is 1. The van der Waals surface area contributed by atoms with Crippen LogP contribution in [0.1, 0.15) is 30.2 Å². The van der Waals surface area contributed by atoms with E-state index in [2.05, 4.69) is 27.4 Å². The van der Waals surface area contributed by atoms with Crippen LogP contribution < -0.4 is 5.32 Å². The van der Waals surface area contributed by atoms with Gasteiger partial charge in [-0.05, 0) is 36.4 Å². The second kappa shape index (κ2) is 4.80. The molecule has 5 heteroatoms. The van der Waals surface area contributed by atoms with Crippen molar-refractivity contribution < 1.29 is 4.79 Å². The molecule has 0 radical (unpaired) electrons. The van der Waals surface area contributed by atoms with E-state index in [1.807, 2.05) is 24.3 Å². The third-order valence-corrected chi connectivity index (χ3v) is 5.58. The summed E-state index contributed by atoms with van der Waals surface area (Å²) < 4.78 is 2.18. The zero-order valence-corrected chi connectivity index (χ0v) is 13.3. The van der Waals surface area contributed by atoms with Crippen LogP contribution in [-0.2, 0) is 4.79 Å². The van der Waals surface area contributed by atoms with Gasteiger partial charge in [0.2, 0.25) is 5.95 Å². The number of fused-ring (bicyclic) bond motifs is 3. The van der Waals surface area contributed by atoms with Gasteiger partial charge in [0.25, 0.3) is 0 Å². The highest BCUT2D eigenvalue weighted by Crippen LogP contribution is 2.43. The number of ketones is 1. The topological polar surface area (TPSA) is 46.9 Å². The minimum atomic E-state index is -0.0542. The maximum Gasteiger partial charge on any atom is 0.209 e. The average molecular weight is 321 g/mol. The molecule has 3 aromatic rings. The number of carbonyl (C=O) groups is 1. The molecular formula is C18H15N3OS. The third-order valence-electron chi connectivity index (χ3n) is 4.66. The van der Waals surface area contributed by atoms with E-state index >= 15 is 0 Å². The highest BCUT2D eigenvalue weighted by atomic mass is 32.1. The predicted molar refractivity (Wildman–Crippen MR) is 91.7 cm³/mol. The summed E-state index contributed by atoms with van der Waals surface area (Å²) in [5, 5.41) is 5.50. The Morgan fingerprint density at radius 1 is 1.17 bits per heavy atom. The molecule has 1 aliphatic carbocycles. The lowest BCUT2D eigenvalue weighted by atomic mass is 9.88. The number of thiophene rings is 1. The van der Waals surface area contributed by atoms with Gasteiger partial charge in [-0.1, -0.05) is 18.2 Å². The molecule has 5 rings (SSSR count). The monoisotopic (exact) mass is 321 g/mol. The summed E-state index contributed by atoms with van der Waals surface area (Å²) in [5.41, 5.74) is 4.01. The van der Waals surface area contributed by atoms with Crippen LogP contribution >= 0.6 is 11.3 Å². The third kappa shape index (κ3) is 1.83. The van der Waals surface area contributed by atoms with Crippen LogP contribution in [0.3, 0.4) is 0 Å². The first-order chi connectivity index (χ1) is 11.3. The molecule has 1 atom stereocenters. The van der Waals surface area contributed by atoms with Crippen molar-refractivity contribution in [2.75, 3.05) is 5.32 Å². The normalized spacial score (nSPS) is 20.3. The van der Waals surface area contributed by atoms with Crippen molar-refractivity contribution in [1.82, 2.24) is 9.55 Å². The van der Waals surface area contributed by atoms with Crippen molar-refractivity contribution in [3.63, 3.8) is 0 Å². The van der Waals surface area contributed by atoms with E-state index in [-0.39, 0.29) is 11.8 Å². The Bertz CT molecular complexity index is 952. The first-order valence-corrected chi connectivity index (χ1v) is 8.74. The van der Waals surface area contributed by atoms with Gasteiger partial charge in [0.05, 0.1) is 11.0 Å². The van der Waals surface area contributed by atoms with Gasteiger partial charge in [-0.15, -0.1) is 11.3 Å². The summed E-state index contributed by atoms with van der Waals surface area (Å²) in [6, 6.07) is 12.2. The lowest BCUT2D eigenvalue weighted by molar-refractivity contribution is -0.116. The molecule has 114 valence electrons. The molecule has 1 aromatic carbocycles. The van der Waals surface area contributed by atoms with E-state index in [1.165, 1.54) is 4.88 Å². The summed E-state index contributed by atoms with van der Waals surface area (Å²) in [5.74, 6) is 1.11. The molecule has 1 aliphatic heterocycles. The van der Waals surface area contributed by atoms with Crippen LogP contribution in [0.2, 0.25) is 0 Å². The molecule has 23 heavy (non-hydrogen) atoms. The van der Waals surface area contributed by atoms with Gasteiger partial charge in [-0.2, -0.15) is 0 Å². The van der Waals surface area contributed by atoms with Gasteiger partial charge < -0.3 is 5.32 Å². The number of hydrogen-bond donors (Lipinski definition) is 1. The number of para-hydroxylation sites is 2. The Morgan fingerprint density at radius 3 is 2.96 bits per heavy atom. The Labute approximate surface area is 137 Å². The molecule has 4 nitrogen and oxygen atoms in total. The SMILES string of the molecule is O=C1CCCC2=C1[C@H](c1cccs1)n1c(nc3ccccc31)N2. The fraction of sp³-hybridized carbons (Fsp3) is 0.222. The number of Topliss-reactive ketones (excluding diaryl/α,β-unsaturated/α-hetero) is 1. The molecule has 2 aliphatic rings. The summed E-state index contributed by atoms with van der Waals surface area (Å²) in [4.78, 5) is 18.6. The zero-order chi connectivity index (χ0) is 15.4. The highest BCUT2D eigenvalue weighted by Gasteiger charge is 2.36. The van der Waals surface area contributed by atoms with Crippen molar-refractivity contribution in [1.29, 1.82) is 0 Å². The van der Waals surface area contributed by atoms with Crippen molar-refractivity contribution in [2.45, 2.75) is 25.3 Å². The highest BCUT2D eigenvalue weighted by molar-refractivity contribution is 7.10. The Hall–Kier alpha value is -2.40. The number of nitrogens with one attached hydrogen (secondary N) is 1. The number of imidazole rings is 1. The Morgan fingerprint density at radius 2 is 2.09 bits per heavy atom. The van der Waals surface area contributed by atoms with Crippen LogP contribution in [0.15, 0.2) is 53.0 Å². The molecular weight excluding hydrogens is 306 g/mol.